The van der Waals surface area contributed by atoms with Gasteiger partial charge in [0.25, 0.3) is 5.91 Å². The Balaban J connectivity index is 1.82. The highest BCUT2D eigenvalue weighted by molar-refractivity contribution is 7.12. The molecule has 0 spiro atoms. The van der Waals surface area contributed by atoms with Crippen LogP contribution in [0.2, 0.25) is 0 Å². The van der Waals surface area contributed by atoms with Gasteiger partial charge in [-0.05, 0) is 30.4 Å². The summed E-state index contributed by atoms with van der Waals surface area (Å²) in [6.07, 6.45) is 3.00. The smallest absolute Gasteiger partial charge is 0.264 e. The lowest BCUT2D eigenvalue weighted by Crippen LogP contribution is -2.33. The number of carbonyl (C=O) groups is 1. The molecule has 1 amide bonds. The molecular weight excluding hydrogens is 286 g/mol. The van der Waals surface area contributed by atoms with Crippen LogP contribution in [0.1, 0.15) is 26.5 Å². The fourth-order valence-corrected chi connectivity index (χ4v) is 3.50. The summed E-state index contributed by atoms with van der Waals surface area (Å²) < 4.78 is 5.30. The topological polar surface area (TPSA) is 55.3 Å². The van der Waals surface area contributed by atoms with E-state index in [-0.39, 0.29) is 5.91 Å². The zero-order valence-corrected chi connectivity index (χ0v) is 12.9. The van der Waals surface area contributed by atoms with E-state index in [1.165, 1.54) is 17.7 Å². The number of aryl methyl sites for hydroxylation is 1. The molecule has 5 nitrogen and oxygen atoms in total. The minimum atomic E-state index is 0.113. The van der Waals surface area contributed by atoms with Crippen molar-refractivity contribution in [2.45, 2.75) is 19.8 Å². The second kappa shape index (κ2) is 5.81. The van der Waals surface area contributed by atoms with Crippen molar-refractivity contribution in [2.75, 3.05) is 20.2 Å². The first-order valence-corrected chi connectivity index (χ1v) is 7.78. The van der Waals surface area contributed by atoms with Crippen molar-refractivity contribution in [3.8, 4) is 5.88 Å². The molecule has 0 aliphatic carbocycles. The van der Waals surface area contributed by atoms with E-state index in [4.69, 9.17) is 4.74 Å². The van der Waals surface area contributed by atoms with Crippen molar-refractivity contribution in [1.29, 1.82) is 0 Å². The Bertz CT molecular complexity index is 669. The molecule has 1 aliphatic rings. The Kier molecular flexibility index (Phi) is 3.88. The monoisotopic (exact) mass is 303 g/mol. The van der Waals surface area contributed by atoms with E-state index in [0.29, 0.717) is 19.0 Å². The number of methoxy groups -OCH3 is 1. The van der Waals surface area contributed by atoms with E-state index in [9.17, 15) is 4.79 Å². The summed E-state index contributed by atoms with van der Waals surface area (Å²) in [6, 6.07) is 1.99. The molecule has 21 heavy (non-hydrogen) atoms. The molecule has 6 heteroatoms. The van der Waals surface area contributed by atoms with Crippen LogP contribution in [-0.2, 0) is 12.8 Å². The third kappa shape index (κ3) is 2.63. The van der Waals surface area contributed by atoms with Gasteiger partial charge in [0.2, 0.25) is 5.88 Å². The molecule has 110 valence electrons. The minimum absolute atomic E-state index is 0.113. The van der Waals surface area contributed by atoms with Gasteiger partial charge in [0.1, 0.15) is 6.33 Å². The quantitative estimate of drug-likeness (QED) is 0.852. The summed E-state index contributed by atoms with van der Waals surface area (Å²) in [7, 11) is 1.62. The van der Waals surface area contributed by atoms with Crippen LogP contribution in [0.4, 0.5) is 0 Å². The Labute approximate surface area is 127 Å². The van der Waals surface area contributed by atoms with E-state index >= 15 is 0 Å². The number of fused-ring (bicyclic) bond motifs is 1. The van der Waals surface area contributed by atoms with Crippen molar-refractivity contribution in [1.82, 2.24) is 14.9 Å². The molecule has 0 N–H and O–H groups in total. The molecule has 0 radical (unpaired) electrons. The average molecular weight is 303 g/mol. The number of hydrogen-bond acceptors (Lipinski definition) is 5. The van der Waals surface area contributed by atoms with Crippen LogP contribution < -0.4 is 4.74 Å². The van der Waals surface area contributed by atoms with Crippen LogP contribution in [0.5, 0.6) is 5.88 Å². The zero-order chi connectivity index (χ0) is 14.8. The van der Waals surface area contributed by atoms with Crippen LogP contribution in [-0.4, -0.2) is 41.0 Å². The van der Waals surface area contributed by atoms with Crippen molar-refractivity contribution in [3.63, 3.8) is 0 Å². The maximum absolute atomic E-state index is 12.6. The van der Waals surface area contributed by atoms with Gasteiger partial charge in [-0.3, -0.25) is 4.79 Å². The van der Waals surface area contributed by atoms with E-state index in [1.807, 2.05) is 23.3 Å². The number of rotatable bonds is 2. The number of hydrogen-bond donors (Lipinski definition) is 0. The maximum atomic E-state index is 12.6. The average Bonchev–Trinajstić information content (AvgIpc) is 2.81. The Morgan fingerprint density at radius 2 is 2.14 bits per heavy atom. The molecule has 2 aromatic heterocycles. The molecule has 0 bridgehead atoms. The summed E-state index contributed by atoms with van der Waals surface area (Å²) >= 11 is 1.51. The molecule has 0 unspecified atom stereocenters. The number of amides is 1. The normalized spacial score (nSPS) is 14.5. The highest BCUT2D eigenvalue weighted by atomic mass is 32.1. The molecule has 3 rings (SSSR count). The van der Waals surface area contributed by atoms with Gasteiger partial charge in [-0.1, -0.05) is 0 Å². The SMILES string of the molecule is COc1ncnc2c1CCN(C(=O)c1sccc1C)CC2. The van der Waals surface area contributed by atoms with Crippen LogP contribution >= 0.6 is 11.3 Å². The van der Waals surface area contributed by atoms with E-state index in [2.05, 4.69) is 9.97 Å². The lowest BCUT2D eigenvalue weighted by Gasteiger charge is -2.19. The number of ether oxygens (including phenoxy) is 1. The number of nitrogens with zero attached hydrogens (tertiary/aromatic N) is 3. The van der Waals surface area contributed by atoms with Gasteiger partial charge in [0, 0.05) is 25.1 Å². The Hall–Kier alpha value is -1.95. The molecule has 0 aromatic carbocycles. The fraction of sp³-hybridized carbons (Fsp3) is 0.400. The third-order valence-electron chi connectivity index (χ3n) is 3.78. The summed E-state index contributed by atoms with van der Waals surface area (Å²) in [6.45, 7) is 3.33. The molecule has 2 aromatic rings. The highest BCUT2D eigenvalue weighted by Gasteiger charge is 2.24. The largest absolute Gasteiger partial charge is 0.481 e. The molecule has 3 heterocycles. The van der Waals surface area contributed by atoms with Gasteiger partial charge in [-0.15, -0.1) is 11.3 Å². The first kappa shape index (κ1) is 14.0. The summed E-state index contributed by atoms with van der Waals surface area (Å²) in [5.74, 6) is 0.740. The van der Waals surface area contributed by atoms with E-state index in [1.54, 1.807) is 7.11 Å². The molecule has 0 saturated heterocycles. The lowest BCUT2D eigenvalue weighted by molar-refractivity contribution is 0.0767. The predicted octanol–water partition coefficient (Wildman–Crippen LogP) is 2.10. The van der Waals surface area contributed by atoms with Crippen molar-refractivity contribution < 1.29 is 9.53 Å². The molecule has 1 aliphatic heterocycles. The standard InChI is InChI=1S/C15H17N3O2S/c1-10-5-8-21-13(10)15(19)18-6-3-11-12(4-7-18)16-9-17-14(11)20-2/h5,8-9H,3-4,6-7H2,1-2H3. The van der Waals surface area contributed by atoms with Crippen molar-refractivity contribution in [3.05, 3.63) is 39.5 Å². The first-order valence-electron chi connectivity index (χ1n) is 6.91. The van der Waals surface area contributed by atoms with Crippen molar-refractivity contribution in [2.24, 2.45) is 0 Å². The van der Waals surface area contributed by atoms with Crippen LogP contribution in [0.25, 0.3) is 0 Å². The second-order valence-electron chi connectivity index (χ2n) is 5.03. The van der Waals surface area contributed by atoms with Gasteiger partial charge < -0.3 is 9.64 Å². The molecular formula is C15H17N3O2S. The minimum Gasteiger partial charge on any atom is -0.481 e. The Morgan fingerprint density at radius 1 is 1.33 bits per heavy atom. The maximum Gasteiger partial charge on any atom is 0.264 e. The molecule has 0 saturated carbocycles. The van der Waals surface area contributed by atoms with Gasteiger partial charge in [-0.2, -0.15) is 0 Å². The van der Waals surface area contributed by atoms with Crippen LogP contribution in [0.3, 0.4) is 0 Å². The number of carbonyl (C=O) groups excluding carboxylic acids is 1. The molecule has 0 atom stereocenters. The van der Waals surface area contributed by atoms with Crippen molar-refractivity contribution >= 4 is 17.2 Å². The van der Waals surface area contributed by atoms with Gasteiger partial charge in [0.05, 0.1) is 17.7 Å². The van der Waals surface area contributed by atoms with Crippen LogP contribution in [0, 0.1) is 6.92 Å². The zero-order valence-electron chi connectivity index (χ0n) is 12.1. The summed E-state index contributed by atoms with van der Waals surface area (Å²) in [5, 5.41) is 1.96. The number of thiophene rings is 1. The summed E-state index contributed by atoms with van der Waals surface area (Å²) in [5.41, 5.74) is 3.06. The Morgan fingerprint density at radius 3 is 2.86 bits per heavy atom. The van der Waals surface area contributed by atoms with Gasteiger partial charge in [0.15, 0.2) is 0 Å². The van der Waals surface area contributed by atoms with Gasteiger partial charge >= 0.3 is 0 Å². The summed E-state index contributed by atoms with van der Waals surface area (Å²) in [4.78, 5) is 23.8. The lowest BCUT2D eigenvalue weighted by atomic mass is 10.1. The van der Waals surface area contributed by atoms with E-state index in [0.717, 1.165) is 34.5 Å². The van der Waals surface area contributed by atoms with Crippen LogP contribution in [0.15, 0.2) is 17.8 Å². The fourth-order valence-electron chi connectivity index (χ4n) is 2.61. The first-order chi connectivity index (χ1) is 10.2. The third-order valence-corrected chi connectivity index (χ3v) is 4.79. The van der Waals surface area contributed by atoms with Gasteiger partial charge in [-0.25, -0.2) is 9.97 Å². The second-order valence-corrected chi connectivity index (χ2v) is 5.95. The van der Waals surface area contributed by atoms with E-state index < -0.39 is 0 Å². The number of aromatic nitrogens is 2. The predicted molar refractivity (Wildman–Crippen MR) is 81.0 cm³/mol. The molecule has 0 fully saturated rings. The highest BCUT2D eigenvalue weighted by Crippen LogP contribution is 2.24.